The van der Waals surface area contributed by atoms with Crippen LogP contribution in [0.1, 0.15) is 37.8 Å². The van der Waals surface area contributed by atoms with Gasteiger partial charge >= 0.3 is 0 Å². The summed E-state index contributed by atoms with van der Waals surface area (Å²) in [7, 11) is -3.74. The highest BCUT2D eigenvalue weighted by Crippen LogP contribution is 2.51. The molecule has 0 heterocycles. The predicted molar refractivity (Wildman–Crippen MR) is 99.1 cm³/mol. The van der Waals surface area contributed by atoms with Crippen LogP contribution in [0.25, 0.3) is 11.1 Å². The van der Waals surface area contributed by atoms with Gasteiger partial charge in [-0.1, -0.05) is 56.3 Å². The largest absolute Gasteiger partial charge is 0.294 e. The SMILES string of the molecule is CCC1(C)CC(=O)C(c2ccccc2)=C1c1ccc(S(N)(=O)=O)cc1. The first kappa shape index (κ1) is 17.6. The first-order valence-corrected chi connectivity index (χ1v) is 9.77. The topological polar surface area (TPSA) is 77.2 Å². The van der Waals surface area contributed by atoms with Crippen molar-refractivity contribution in [2.24, 2.45) is 10.6 Å². The maximum absolute atomic E-state index is 12.8. The Balaban J connectivity index is 2.23. The van der Waals surface area contributed by atoms with Crippen molar-refractivity contribution >= 4 is 27.0 Å². The summed E-state index contributed by atoms with van der Waals surface area (Å²) in [4.78, 5) is 12.9. The Morgan fingerprint density at radius 1 is 1.00 bits per heavy atom. The van der Waals surface area contributed by atoms with Crippen LogP contribution < -0.4 is 5.14 Å². The van der Waals surface area contributed by atoms with Crippen molar-refractivity contribution in [3.8, 4) is 0 Å². The maximum Gasteiger partial charge on any atom is 0.238 e. The minimum atomic E-state index is -3.74. The standard InChI is InChI=1S/C20H21NO3S/c1-3-20(2)13-17(22)18(14-7-5-4-6-8-14)19(20)15-9-11-16(12-10-15)25(21,23)24/h4-12H,3,13H2,1-2H3,(H2,21,23,24). The molecule has 0 fully saturated rings. The molecule has 0 saturated carbocycles. The number of allylic oxidation sites excluding steroid dienone is 2. The highest BCUT2D eigenvalue weighted by atomic mass is 32.2. The van der Waals surface area contributed by atoms with Crippen molar-refractivity contribution in [1.82, 2.24) is 0 Å². The van der Waals surface area contributed by atoms with Gasteiger partial charge in [-0.25, -0.2) is 13.6 Å². The van der Waals surface area contributed by atoms with Crippen LogP contribution in [0.4, 0.5) is 0 Å². The lowest BCUT2D eigenvalue weighted by atomic mass is 9.77. The molecule has 1 aliphatic carbocycles. The lowest BCUT2D eigenvalue weighted by molar-refractivity contribution is -0.114. The summed E-state index contributed by atoms with van der Waals surface area (Å²) in [6.45, 7) is 4.16. The third-order valence-electron chi connectivity index (χ3n) is 5.00. The zero-order chi connectivity index (χ0) is 18.2. The number of carbonyl (C=O) groups is 1. The zero-order valence-corrected chi connectivity index (χ0v) is 15.1. The van der Waals surface area contributed by atoms with Crippen molar-refractivity contribution in [2.45, 2.75) is 31.6 Å². The van der Waals surface area contributed by atoms with Crippen LogP contribution in [0.3, 0.4) is 0 Å². The Kier molecular flexibility index (Phi) is 4.39. The minimum Gasteiger partial charge on any atom is -0.294 e. The lowest BCUT2D eigenvalue weighted by Crippen LogP contribution is -2.15. The Morgan fingerprint density at radius 3 is 2.12 bits per heavy atom. The molecular weight excluding hydrogens is 334 g/mol. The summed E-state index contributed by atoms with van der Waals surface area (Å²) < 4.78 is 23.0. The molecule has 5 heteroatoms. The van der Waals surface area contributed by atoms with Gasteiger partial charge in [0.2, 0.25) is 10.0 Å². The average molecular weight is 355 g/mol. The summed E-state index contributed by atoms with van der Waals surface area (Å²) >= 11 is 0. The summed E-state index contributed by atoms with van der Waals surface area (Å²) in [5.74, 6) is 0.126. The van der Waals surface area contributed by atoms with E-state index >= 15 is 0 Å². The molecule has 1 aliphatic rings. The Hall–Kier alpha value is -2.24. The van der Waals surface area contributed by atoms with E-state index in [1.54, 1.807) is 12.1 Å². The molecule has 2 aromatic carbocycles. The Morgan fingerprint density at radius 2 is 1.60 bits per heavy atom. The lowest BCUT2D eigenvalue weighted by Gasteiger charge is -2.26. The molecule has 1 unspecified atom stereocenters. The van der Waals surface area contributed by atoms with Crippen LogP contribution in [-0.2, 0) is 14.8 Å². The van der Waals surface area contributed by atoms with Crippen LogP contribution >= 0.6 is 0 Å². The number of primary sulfonamides is 1. The van der Waals surface area contributed by atoms with E-state index in [0.29, 0.717) is 6.42 Å². The molecule has 0 saturated heterocycles. The van der Waals surface area contributed by atoms with E-state index in [4.69, 9.17) is 5.14 Å². The van der Waals surface area contributed by atoms with Crippen LogP contribution in [0.15, 0.2) is 59.5 Å². The molecule has 0 aromatic heterocycles. The molecule has 25 heavy (non-hydrogen) atoms. The maximum atomic E-state index is 12.8. The van der Waals surface area contributed by atoms with Crippen molar-refractivity contribution < 1.29 is 13.2 Å². The summed E-state index contributed by atoms with van der Waals surface area (Å²) in [6.07, 6.45) is 1.28. The fraction of sp³-hybridized carbons (Fsp3) is 0.250. The zero-order valence-electron chi connectivity index (χ0n) is 14.3. The second kappa shape index (κ2) is 6.24. The number of Topliss-reactive ketones (excluding diaryl/α,β-unsaturated/α-hetero) is 1. The molecule has 2 N–H and O–H groups in total. The molecule has 0 bridgehead atoms. The number of benzene rings is 2. The number of sulfonamides is 1. The first-order chi connectivity index (χ1) is 11.8. The number of hydrogen-bond donors (Lipinski definition) is 1. The smallest absolute Gasteiger partial charge is 0.238 e. The molecule has 0 aliphatic heterocycles. The molecule has 1 atom stereocenters. The minimum absolute atomic E-state index is 0.0700. The number of hydrogen-bond acceptors (Lipinski definition) is 3. The van der Waals surface area contributed by atoms with Crippen LogP contribution in [0.2, 0.25) is 0 Å². The van der Waals surface area contributed by atoms with Crippen molar-refractivity contribution in [1.29, 1.82) is 0 Å². The number of rotatable bonds is 4. The van der Waals surface area contributed by atoms with E-state index in [1.165, 1.54) is 12.1 Å². The van der Waals surface area contributed by atoms with E-state index in [0.717, 1.165) is 28.7 Å². The van der Waals surface area contributed by atoms with Gasteiger partial charge in [0.05, 0.1) is 4.90 Å². The second-order valence-electron chi connectivity index (χ2n) is 6.70. The van der Waals surface area contributed by atoms with Gasteiger partial charge in [0, 0.05) is 17.4 Å². The van der Waals surface area contributed by atoms with Crippen molar-refractivity contribution in [3.05, 3.63) is 65.7 Å². The first-order valence-electron chi connectivity index (χ1n) is 8.23. The highest BCUT2D eigenvalue weighted by molar-refractivity contribution is 7.89. The average Bonchev–Trinajstić information content (AvgIpc) is 2.86. The fourth-order valence-corrected chi connectivity index (χ4v) is 4.00. The molecule has 130 valence electrons. The van der Waals surface area contributed by atoms with Gasteiger partial charge < -0.3 is 0 Å². The van der Waals surface area contributed by atoms with E-state index < -0.39 is 10.0 Å². The molecule has 0 spiro atoms. The van der Waals surface area contributed by atoms with Crippen LogP contribution in [0, 0.1) is 5.41 Å². The van der Waals surface area contributed by atoms with Gasteiger partial charge in [0.15, 0.2) is 5.78 Å². The van der Waals surface area contributed by atoms with Crippen LogP contribution in [0.5, 0.6) is 0 Å². The molecule has 0 amide bonds. The van der Waals surface area contributed by atoms with E-state index in [2.05, 4.69) is 13.8 Å². The number of carbonyl (C=O) groups excluding carboxylic acids is 1. The summed E-state index contributed by atoms with van der Waals surface area (Å²) in [5.41, 5.74) is 3.20. The van der Waals surface area contributed by atoms with Gasteiger partial charge in [0.1, 0.15) is 0 Å². The third kappa shape index (κ3) is 3.17. The van der Waals surface area contributed by atoms with E-state index in [-0.39, 0.29) is 16.1 Å². The van der Waals surface area contributed by atoms with Crippen molar-refractivity contribution in [2.75, 3.05) is 0 Å². The number of ketones is 1. The normalized spacial score (nSPS) is 21.0. The van der Waals surface area contributed by atoms with Crippen LogP contribution in [-0.4, -0.2) is 14.2 Å². The highest BCUT2D eigenvalue weighted by Gasteiger charge is 2.41. The van der Waals surface area contributed by atoms with Crippen molar-refractivity contribution in [3.63, 3.8) is 0 Å². The van der Waals surface area contributed by atoms with Gasteiger partial charge in [-0.15, -0.1) is 0 Å². The Labute approximate surface area is 148 Å². The quantitative estimate of drug-likeness (QED) is 0.909. The molecule has 0 radical (unpaired) electrons. The van der Waals surface area contributed by atoms with Gasteiger partial charge in [-0.05, 0) is 35.3 Å². The molecule has 3 rings (SSSR count). The van der Waals surface area contributed by atoms with E-state index in [9.17, 15) is 13.2 Å². The second-order valence-corrected chi connectivity index (χ2v) is 8.26. The Bertz CT molecular complexity index is 944. The van der Waals surface area contributed by atoms with Gasteiger partial charge in [-0.3, -0.25) is 4.79 Å². The predicted octanol–water partition coefficient (Wildman–Crippen LogP) is 3.63. The number of nitrogens with two attached hydrogens (primary N) is 1. The molecule has 4 nitrogen and oxygen atoms in total. The van der Waals surface area contributed by atoms with Gasteiger partial charge in [-0.2, -0.15) is 0 Å². The summed E-state index contributed by atoms with van der Waals surface area (Å²) in [5, 5.41) is 5.19. The molecular formula is C20H21NO3S. The third-order valence-corrected chi connectivity index (χ3v) is 5.93. The van der Waals surface area contributed by atoms with Gasteiger partial charge in [0.25, 0.3) is 0 Å². The van der Waals surface area contributed by atoms with E-state index in [1.807, 2.05) is 30.3 Å². The monoisotopic (exact) mass is 355 g/mol. The molecule has 2 aromatic rings. The summed E-state index contributed by atoms with van der Waals surface area (Å²) in [6, 6.07) is 16.1. The fourth-order valence-electron chi connectivity index (χ4n) is 3.49.